The first kappa shape index (κ1) is 19.6. The Hall–Kier alpha value is -2.76. The predicted molar refractivity (Wildman–Crippen MR) is 116 cm³/mol. The number of likely N-dealkylation sites (tertiary alicyclic amines) is 1. The number of rotatable bonds is 5. The molecule has 0 N–H and O–H groups in total. The molecule has 0 aliphatic carbocycles. The Morgan fingerprint density at radius 2 is 1.76 bits per heavy atom. The quantitative estimate of drug-likeness (QED) is 0.778. The van der Waals surface area contributed by atoms with Gasteiger partial charge in [0.1, 0.15) is 11.9 Å². The Bertz CT molecular complexity index is 826. The van der Waals surface area contributed by atoms with Gasteiger partial charge in [0.15, 0.2) is 5.82 Å². The molecule has 0 unspecified atom stereocenters. The van der Waals surface area contributed by atoms with Crippen LogP contribution in [0.15, 0.2) is 42.6 Å². The van der Waals surface area contributed by atoms with E-state index in [-0.39, 0.29) is 12.0 Å². The molecular weight excluding hydrogens is 364 g/mol. The second-order valence-electron chi connectivity index (χ2n) is 8.08. The molecule has 2 saturated heterocycles. The number of aromatic nitrogens is 1. The Morgan fingerprint density at radius 1 is 1.07 bits per heavy atom. The molecule has 0 spiro atoms. The van der Waals surface area contributed by atoms with E-state index >= 15 is 0 Å². The normalized spacial score (nSPS) is 17.4. The highest BCUT2D eigenvalue weighted by atomic mass is 16.5. The number of para-hydroxylation sites is 1. The van der Waals surface area contributed by atoms with Gasteiger partial charge in [0.25, 0.3) is 5.91 Å². The summed E-state index contributed by atoms with van der Waals surface area (Å²) in [7, 11) is 4.02. The van der Waals surface area contributed by atoms with Crippen molar-refractivity contribution < 1.29 is 9.53 Å². The number of hydrogen-bond donors (Lipinski definition) is 0. The molecule has 1 amide bonds. The van der Waals surface area contributed by atoms with E-state index in [4.69, 9.17) is 9.72 Å². The minimum atomic E-state index is 0.0969. The van der Waals surface area contributed by atoms with Gasteiger partial charge in [-0.15, -0.1) is 0 Å². The summed E-state index contributed by atoms with van der Waals surface area (Å²) in [5.74, 6) is 1.98. The Balaban J connectivity index is 1.44. The Labute approximate surface area is 173 Å². The second kappa shape index (κ2) is 8.72. The highest BCUT2D eigenvalue weighted by Gasteiger charge is 2.26. The van der Waals surface area contributed by atoms with Crippen molar-refractivity contribution in [2.45, 2.75) is 31.8 Å². The topological polar surface area (TPSA) is 48.9 Å². The Kier molecular flexibility index (Phi) is 5.88. The van der Waals surface area contributed by atoms with Crippen LogP contribution >= 0.6 is 0 Å². The van der Waals surface area contributed by atoms with E-state index < -0.39 is 0 Å². The molecule has 154 valence electrons. The summed E-state index contributed by atoms with van der Waals surface area (Å²) in [5.41, 5.74) is 1.68. The third-order valence-electron chi connectivity index (χ3n) is 5.76. The molecular formula is C23H30N4O2. The van der Waals surface area contributed by atoms with Crippen LogP contribution in [0.2, 0.25) is 0 Å². The SMILES string of the molecule is CN(C)c1cc(C(=O)N2CCCC2)cnc1N1CCC(Oc2ccccc2)CC1. The molecule has 0 saturated carbocycles. The first-order chi connectivity index (χ1) is 14.1. The maximum atomic E-state index is 12.8. The second-order valence-corrected chi connectivity index (χ2v) is 8.08. The van der Waals surface area contributed by atoms with Crippen LogP contribution in [0.1, 0.15) is 36.0 Å². The van der Waals surface area contributed by atoms with E-state index in [1.807, 2.05) is 55.4 Å². The average Bonchev–Trinajstić information content (AvgIpc) is 3.29. The van der Waals surface area contributed by atoms with E-state index in [0.717, 1.165) is 69.1 Å². The van der Waals surface area contributed by atoms with Crippen molar-refractivity contribution in [1.82, 2.24) is 9.88 Å². The van der Waals surface area contributed by atoms with Crippen LogP contribution in [0.3, 0.4) is 0 Å². The number of piperidine rings is 1. The molecule has 1 aromatic carbocycles. The number of carbonyl (C=O) groups excluding carboxylic acids is 1. The van der Waals surface area contributed by atoms with Crippen LogP contribution < -0.4 is 14.5 Å². The highest BCUT2D eigenvalue weighted by Crippen LogP contribution is 2.30. The summed E-state index contributed by atoms with van der Waals surface area (Å²) in [4.78, 5) is 23.8. The largest absolute Gasteiger partial charge is 0.490 e. The predicted octanol–water partition coefficient (Wildman–Crippen LogP) is 3.43. The number of pyridine rings is 1. The van der Waals surface area contributed by atoms with Crippen molar-refractivity contribution in [2.75, 3.05) is 50.1 Å². The van der Waals surface area contributed by atoms with Crippen LogP contribution in [0, 0.1) is 0 Å². The molecule has 2 fully saturated rings. The van der Waals surface area contributed by atoms with Gasteiger partial charge >= 0.3 is 0 Å². The molecule has 6 nitrogen and oxygen atoms in total. The Morgan fingerprint density at radius 3 is 2.41 bits per heavy atom. The van der Waals surface area contributed by atoms with Crippen LogP contribution in [-0.2, 0) is 0 Å². The van der Waals surface area contributed by atoms with Crippen molar-refractivity contribution in [3.05, 3.63) is 48.2 Å². The monoisotopic (exact) mass is 394 g/mol. The standard InChI is InChI=1S/C23H30N4O2/c1-25(2)21-16-18(23(28)27-12-6-7-13-27)17-24-22(21)26-14-10-20(11-15-26)29-19-8-4-3-5-9-19/h3-5,8-9,16-17,20H,6-7,10-15H2,1-2H3. The third kappa shape index (κ3) is 4.47. The van der Waals surface area contributed by atoms with E-state index in [2.05, 4.69) is 9.80 Å². The fraction of sp³-hybridized carbons (Fsp3) is 0.478. The van der Waals surface area contributed by atoms with Gasteiger partial charge < -0.3 is 19.4 Å². The first-order valence-electron chi connectivity index (χ1n) is 10.5. The zero-order valence-corrected chi connectivity index (χ0v) is 17.4. The molecule has 0 radical (unpaired) electrons. The summed E-state index contributed by atoms with van der Waals surface area (Å²) in [6.45, 7) is 3.50. The lowest BCUT2D eigenvalue weighted by Crippen LogP contribution is -2.39. The fourth-order valence-electron chi connectivity index (χ4n) is 4.12. The summed E-state index contributed by atoms with van der Waals surface area (Å²) in [6.07, 6.45) is 6.08. The van der Waals surface area contributed by atoms with Crippen LogP contribution in [-0.4, -0.2) is 62.2 Å². The van der Waals surface area contributed by atoms with Crippen LogP contribution in [0.4, 0.5) is 11.5 Å². The maximum Gasteiger partial charge on any atom is 0.255 e. The van der Waals surface area contributed by atoms with E-state index in [1.54, 1.807) is 6.20 Å². The lowest BCUT2D eigenvalue weighted by Gasteiger charge is -2.35. The van der Waals surface area contributed by atoms with E-state index in [0.29, 0.717) is 5.56 Å². The molecule has 6 heteroatoms. The van der Waals surface area contributed by atoms with Crippen molar-refractivity contribution in [3.63, 3.8) is 0 Å². The van der Waals surface area contributed by atoms with Crippen molar-refractivity contribution >= 4 is 17.4 Å². The lowest BCUT2D eigenvalue weighted by molar-refractivity contribution is 0.0792. The number of ether oxygens (including phenoxy) is 1. The minimum absolute atomic E-state index is 0.0969. The van der Waals surface area contributed by atoms with Gasteiger partial charge in [0.2, 0.25) is 0 Å². The summed E-state index contributed by atoms with van der Waals surface area (Å²) in [5, 5.41) is 0. The molecule has 3 heterocycles. The number of anilines is 2. The zero-order valence-electron chi connectivity index (χ0n) is 17.4. The van der Waals surface area contributed by atoms with Crippen molar-refractivity contribution in [2.24, 2.45) is 0 Å². The molecule has 2 aromatic rings. The van der Waals surface area contributed by atoms with Gasteiger partial charge in [-0.25, -0.2) is 4.98 Å². The lowest BCUT2D eigenvalue weighted by atomic mass is 10.1. The molecule has 4 rings (SSSR count). The number of hydrogen-bond acceptors (Lipinski definition) is 5. The molecule has 2 aliphatic rings. The van der Waals surface area contributed by atoms with Gasteiger partial charge in [-0.2, -0.15) is 0 Å². The van der Waals surface area contributed by atoms with Crippen molar-refractivity contribution in [3.8, 4) is 5.75 Å². The number of carbonyl (C=O) groups is 1. The molecule has 2 aliphatic heterocycles. The summed E-state index contributed by atoms with van der Waals surface area (Å²) >= 11 is 0. The smallest absolute Gasteiger partial charge is 0.255 e. The fourth-order valence-corrected chi connectivity index (χ4v) is 4.12. The van der Waals surface area contributed by atoms with Gasteiger partial charge in [-0.3, -0.25) is 4.79 Å². The van der Waals surface area contributed by atoms with E-state index in [9.17, 15) is 4.79 Å². The highest BCUT2D eigenvalue weighted by molar-refractivity contribution is 5.95. The van der Waals surface area contributed by atoms with Gasteiger partial charge in [0.05, 0.1) is 11.3 Å². The number of nitrogens with zero attached hydrogens (tertiary/aromatic N) is 4. The van der Waals surface area contributed by atoms with Gasteiger partial charge in [0, 0.05) is 59.3 Å². The van der Waals surface area contributed by atoms with Gasteiger partial charge in [-0.05, 0) is 31.0 Å². The van der Waals surface area contributed by atoms with Crippen molar-refractivity contribution in [1.29, 1.82) is 0 Å². The van der Waals surface area contributed by atoms with E-state index in [1.165, 1.54) is 0 Å². The first-order valence-corrected chi connectivity index (χ1v) is 10.5. The maximum absolute atomic E-state index is 12.8. The minimum Gasteiger partial charge on any atom is -0.490 e. The number of amides is 1. The number of benzene rings is 1. The van der Waals surface area contributed by atoms with Gasteiger partial charge in [-0.1, -0.05) is 18.2 Å². The molecule has 0 atom stereocenters. The zero-order chi connectivity index (χ0) is 20.2. The van der Waals surface area contributed by atoms with Crippen LogP contribution in [0.25, 0.3) is 0 Å². The third-order valence-corrected chi connectivity index (χ3v) is 5.76. The summed E-state index contributed by atoms with van der Waals surface area (Å²) in [6, 6.07) is 12.0. The molecule has 29 heavy (non-hydrogen) atoms. The summed E-state index contributed by atoms with van der Waals surface area (Å²) < 4.78 is 6.12. The molecule has 0 bridgehead atoms. The average molecular weight is 395 g/mol. The molecule has 1 aromatic heterocycles. The van der Waals surface area contributed by atoms with Crippen LogP contribution in [0.5, 0.6) is 5.75 Å².